The van der Waals surface area contributed by atoms with E-state index in [1.54, 1.807) is 0 Å². The lowest BCUT2D eigenvalue weighted by atomic mass is 10.0. The van der Waals surface area contributed by atoms with Gasteiger partial charge in [0.1, 0.15) is 29.8 Å². The monoisotopic (exact) mass is 456 g/mol. The number of H-pyrrole nitrogens is 1. The van der Waals surface area contributed by atoms with Crippen LogP contribution in [0.25, 0.3) is 22.2 Å². The van der Waals surface area contributed by atoms with E-state index in [-0.39, 0.29) is 0 Å². The molecule has 3 heterocycles. The summed E-state index contributed by atoms with van der Waals surface area (Å²) in [6.07, 6.45) is 0.900. The van der Waals surface area contributed by atoms with Crippen LogP contribution in [0.1, 0.15) is 35.4 Å². The van der Waals surface area contributed by atoms with Crippen molar-refractivity contribution in [1.29, 1.82) is 0 Å². The fourth-order valence-electron chi connectivity index (χ4n) is 4.73. The number of benzene rings is 2. The van der Waals surface area contributed by atoms with Crippen molar-refractivity contribution in [2.75, 3.05) is 32.1 Å². The number of anilines is 1. The van der Waals surface area contributed by atoms with Crippen LogP contribution >= 0.6 is 0 Å². The highest BCUT2D eigenvalue weighted by Gasteiger charge is 2.22. The Morgan fingerprint density at radius 3 is 2.62 bits per heavy atom. The Balaban J connectivity index is 1.51. The van der Waals surface area contributed by atoms with Crippen LogP contribution in [0, 0.1) is 13.8 Å². The van der Waals surface area contributed by atoms with Gasteiger partial charge in [-0.3, -0.25) is 0 Å². The standard InChI is InChI=1S/C27H32N6O/c1-6-22-17(2)28-26(16-32(4)5)31-27(22)33-11-12-34-25-10-8-19(13-21(25)15-33)20-7-9-23-24(14-20)30-18(3)29-23/h7-10,13-14H,6,11-12,15-16H2,1-5H3,(H,29,30). The van der Waals surface area contributed by atoms with E-state index in [9.17, 15) is 0 Å². The SMILES string of the molecule is CCc1c(C)nc(CN(C)C)nc1N1CCOc2ccc(-c3ccc4[nH]c(C)nc4c3)cc2C1. The van der Waals surface area contributed by atoms with Gasteiger partial charge in [0, 0.05) is 23.4 Å². The highest BCUT2D eigenvalue weighted by Crippen LogP contribution is 2.33. The number of ether oxygens (including phenoxy) is 1. The van der Waals surface area contributed by atoms with Gasteiger partial charge in [0.15, 0.2) is 0 Å². The number of nitrogens with one attached hydrogen (secondary N) is 1. The fraction of sp³-hybridized carbons (Fsp3) is 0.370. The second-order valence-electron chi connectivity index (χ2n) is 9.27. The van der Waals surface area contributed by atoms with E-state index >= 15 is 0 Å². The smallest absolute Gasteiger partial charge is 0.144 e. The molecule has 176 valence electrons. The van der Waals surface area contributed by atoms with Gasteiger partial charge in [-0.25, -0.2) is 15.0 Å². The number of imidazole rings is 1. The predicted octanol–water partition coefficient (Wildman–Crippen LogP) is 4.66. The maximum atomic E-state index is 6.15. The van der Waals surface area contributed by atoms with Gasteiger partial charge >= 0.3 is 0 Å². The van der Waals surface area contributed by atoms with Crippen molar-refractivity contribution in [2.24, 2.45) is 0 Å². The highest BCUT2D eigenvalue weighted by molar-refractivity contribution is 5.82. The second-order valence-corrected chi connectivity index (χ2v) is 9.27. The second kappa shape index (κ2) is 9.06. The fourth-order valence-corrected chi connectivity index (χ4v) is 4.73. The number of aromatic nitrogens is 4. The molecule has 0 fully saturated rings. The summed E-state index contributed by atoms with van der Waals surface area (Å²) in [6.45, 7) is 9.13. The first kappa shape index (κ1) is 22.3. The van der Waals surface area contributed by atoms with Gasteiger partial charge in [-0.2, -0.15) is 0 Å². The maximum absolute atomic E-state index is 6.15. The van der Waals surface area contributed by atoms with E-state index in [4.69, 9.17) is 14.7 Å². The van der Waals surface area contributed by atoms with Crippen LogP contribution in [-0.2, 0) is 19.5 Å². The zero-order valence-electron chi connectivity index (χ0n) is 20.6. The summed E-state index contributed by atoms with van der Waals surface area (Å²) < 4.78 is 6.15. The van der Waals surface area contributed by atoms with E-state index in [1.807, 2.05) is 21.0 Å². The molecule has 0 unspecified atom stereocenters. The molecule has 2 aromatic heterocycles. The van der Waals surface area contributed by atoms with Crippen LogP contribution in [0.2, 0.25) is 0 Å². The first-order valence-electron chi connectivity index (χ1n) is 11.9. The molecule has 1 N–H and O–H groups in total. The van der Waals surface area contributed by atoms with Gasteiger partial charge in [0.25, 0.3) is 0 Å². The van der Waals surface area contributed by atoms with Crippen molar-refractivity contribution >= 4 is 16.9 Å². The van der Waals surface area contributed by atoms with Crippen LogP contribution in [0.3, 0.4) is 0 Å². The van der Waals surface area contributed by atoms with Crippen molar-refractivity contribution in [3.8, 4) is 16.9 Å². The van der Waals surface area contributed by atoms with E-state index < -0.39 is 0 Å². The minimum absolute atomic E-state index is 0.625. The Morgan fingerprint density at radius 2 is 1.82 bits per heavy atom. The highest BCUT2D eigenvalue weighted by atomic mass is 16.5. The van der Waals surface area contributed by atoms with E-state index in [0.717, 1.165) is 77.1 Å². The molecular weight excluding hydrogens is 424 g/mol. The van der Waals surface area contributed by atoms with Gasteiger partial charge in [0.05, 0.1) is 24.1 Å². The Labute approximate surface area is 200 Å². The molecule has 2 aromatic carbocycles. The van der Waals surface area contributed by atoms with Gasteiger partial charge in [0.2, 0.25) is 0 Å². The van der Waals surface area contributed by atoms with Gasteiger partial charge in [-0.05, 0) is 69.8 Å². The number of hydrogen-bond acceptors (Lipinski definition) is 6. The van der Waals surface area contributed by atoms with Crippen molar-refractivity contribution in [1.82, 2.24) is 24.8 Å². The summed E-state index contributed by atoms with van der Waals surface area (Å²) in [7, 11) is 4.09. The predicted molar refractivity (Wildman–Crippen MR) is 136 cm³/mol. The maximum Gasteiger partial charge on any atom is 0.144 e. The first-order valence-corrected chi connectivity index (χ1v) is 11.9. The zero-order valence-corrected chi connectivity index (χ0v) is 20.6. The summed E-state index contributed by atoms with van der Waals surface area (Å²) in [5, 5.41) is 0. The van der Waals surface area contributed by atoms with Crippen molar-refractivity contribution in [2.45, 2.75) is 40.3 Å². The van der Waals surface area contributed by atoms with Crippen LogP contribution < -0.4 is 9.64 Å². The average molecular weight is 457 g/mol. The third kappa shape index (κ3) is 4.35. The third-order valence-corrected chi connectivity index (χ3v) is 6.32. The lowest BCUT2D eigenvalue weighted by Gasteiger charge is -2.25. The topological polar surface area (TPSA) is 70.2 Å². The minimum atomic E-state index is 0.625. The van der Waals surface area contributed by atoms with E-state index in [1.165, 1.54) is 11.1 Å². The summed E-state index contributed by atoms with van der Waals surface area (Å²) in [6, 6.07) is 12.9. The molecular formula is C27H32N6O. The van der Waals surface area contributed by atoms with Crippen LogP contribution in [0.4, 0.5) is 5.82 Å². The lowest BCUT2D eigenvalue weighted by molar-refractivity contribution is 0.331. The average Bonchev–Trinajstić information content (AvgIpc) is 3.04. The van der Waals surface area contributed by atoms with Crippen molar-refractivity contribution < 1.29 is 4.74 Å². The summed E-state index contributed by atoms with van der Waals surface area (Å²) in [5.74, 6) is 3.76. The minimum Gasteiger partial charge on any atom is -0.491 e. The molecule has 1 aliphatic heterocycles. The molecule has 34 heavy (non-hydrogen) atoms. The third-order valence-electron chi connectivity index (χ3n) is 6.32. The normalized spacial score (nSPS) is 13.8. The number of rotatable bonds is 5. The molecule has 5 rings (SSSR count). The van der Waals surface area contributed by atoms with Gasteiger partial charge in [-0.15, -0.1) is 0 Å². The Morgan fingerprint density at radius 1 is 1.03 bits per heavy atom. The lowest BCUT2D eigenvalue weighted by Crippen LogP contribution is -2.29. The largest absolute Gasteiger partial charge is 0.491 e. The Hall–Kier alpha value is -3.45. The van der Waals surface area contributed by atoms with Crippen molar-refractivity contribution in [3.63, 3.8) is 0 Å². The van der Waals surface area contributed by atoms with Gasteiger partial charge in [-0.1, -0.05) is 19.1 Å². The van der Waals surface area contributed by atoms with Crippen LogP contribution in [0.15, 0.2) is 36.4 Å². The van der Waals surface area contributed by atoms with Crippen molar-refractivity contribution in [3.05, 3.63) is 64.9 Å². The molecule has 0 saturated carbocycles. The Bertz CT molecular complexity index is 1340. The van der Waals surface area contributed by atoms with E-state index in [2.05, 4.69) is 70.0 Å². The molecule has 7 heteroatoms. The number of aryl methyl sites for hydroxylation is 2. The number of aromatic amines is 1. The molecule has 4 aromatic rings. The summed E-state index contributed by atoms with van der Waals surface area (Å²) in [4.78, 5) is 22.1. The van der Waals surface area contributed by atoms with Crippen LogP contribution in [-0.4, -0.2) is 52.1 Å². The van der Waals surface area contributed by atoms with E-state index in [0.29, 0.717) is 6.61 Å². The summed E-state index contributed by atoms with van der Waals surface area (Å²) in [5.41, 5.74) is 7.80. The zero-order chi connectivity index (χ0) is 23.8. The molecule has 0 atom stereocenters. The summed E-state index contributed by atoms with van der Waals surface area (Å²) >= 11 is 0. The molecule has 0 radical (unpaired) electrons. The molecule has 0 saturated heterocycles. The van der Waals surface area contributed by atoms with Gasteiger partial charge < -0.3 is 19.5 Å². The molecule has 0 aliphatic carbocycles. The molecule has 7 nitrogen and oxygen atoms in total. The molecule has 0 bridgehead atoms. The first-order chi connectivity index (χ1) is 16.4. The van der Waals surface area contributed by atoms with Crippen LogP contribution in [0.5, 0.6) is 5.75 Å². The quantitative estimate of drug-likeness (QED) is 0.471. The molecule has 0 spiro atoms. The molecule has 0 amide bonds. The molecule has 1 aliphatic rings. The number of nitrogens with zero attached hydrogens (tertiary/aromatic N) is 5. The number of hydrogen-bond donors (Lipinski definition) is 1. The number of fused-ring (bicyclic) bond motifs is 2. The Kier molecular flexibility index (Phi) is 5.96.